The normalized spacial score (nSPS) is 18.1. The molecule has 0 spiro atoms. The quantitative estimate of drug-likeness (QED) is 0.853. The van der Waals surface area contributed by atoms with Crippen LogP contribution in [0.3, 0.4) is 0 Å². The van der Waals surface area contributed by atoms with E-state index in [4.69, 9.17) is 5.73 Å². The molecule has 5 heteroatoms. The van der Waals surface area contributed by atoms with Gasteiger partial charge in [-0.15, -0.1) is 0 Å². The summed E-state index contributed by atoms with van der Waals surface area (Å²) in [5, 5.41) is 2.85. The van der Waals surface area contributed by atoms with Gasteiger partial charge in [-0.2, -0.15) is 0 Å². The Morgan fingerprint density at radius 3 is 2.65 bits per heavy atom. The van der Waals surface area contributed by atoms with E-state index >= 15 is 0 Å². The first-order chi connectivity index (χ1) is 9.19. The zero-order valence-electron chi connectivity index (χ0n) is 12.4. The Morgan fingerprint density at radius 1 is 1.40 bits per heavy atom. The van der Waals surface area contributed by atoms with Crippen LogP contribution >= 0.6 is 0 Å². The van der Waals surface area contributed by atoms with Gasteiger partial charge in [0.2, 0.25) is 11.8 Å². The van der Waals surface area contributed by atoms with Gasteiger partial charge in [0.1, 0.15) is 12.6 Å². The number of carbonyl (C=O) groups excluding carboxylic acids is 2. The highest BCUT2D eigenvalue weighted by Crippen LogP contribution is 2.34. The number of hydrogen-bond donors (Lipinski definition) is 2. The number of anilines is 1. The fraction of sp³-hybridized carbons (Fsp3) is 0.467. The minimum absolute atomic E-state index is 0.000135. The molecule has 2 rings (SSSR count). The first-order valence-electron chi connectivity index (χ1n) is 6.67. The third kappa shape index (κ3) is 2.82. The number of amides is 2. The van der Waals surface area contributed by atoms with Crippen LogP contribution in [0.5, 0.6) is 0 Å². The molecule has 1 aromatic carbocycles. The van der Waals surface area contributed by atoms with Crippen LogP contribution < -0.4 is 16.0 Å². The van der Waals surface area contributed by atoms with Crippen molar-refractivity contribution >= 4 is 17.5 Å². The molecule has 0 saturated heterocycles. The van der Waals surface area contributed by atoms with Crippen LogP contribution in [0.15, 0.2) is 18.2 Å². The van der Waals surface area contributed by atoms with Gasteiger partial charge in [0, 0.05) is 16.8 Å². The van der Waals surface area contributed by atoms with Crippen LogP contribution in [0, 0.1) is 6.92 Å². The SMILES string of the molecule is Cc1ccc2c(c1)C(N)C(=O)N2CC(=O)NC(C)(C)C. The number of nitrogens with two attached hydrogens (primary N) is 1. The molecule has 0 aromatic heterocycles. The summed E-state index contributed by atoms with van der Waals surface area (Å²) in [6.45, 7) is 7.66. The highest BCUT2D eigenvalue weighted by molar-refractivity contribution is 6.07. The molecular weight excluding hydrogens is 254 g/mol. The summed E-state index contributed by atoms with van der Waals surface area (Å²) in [4.78, 5) is 25.7. The summed E-state index contributed by atoms with van der Waals surface area (Å²) in [6.07, 6.45) is 0. The van der Waals surface area contributed by atoms with E-state index in [-0.39, 0.29) is 23.9 Å². The molecule has 1 atom stereocenters. The Hall–Kier alpha value is -1.88. The smallest absolute Gasteiger partial charge is 0.249 e. The molecule has 0 fully saturated rings. The van der Waals surface area contributed by atoms with Gasteiger partial charge in [0.05, 0.1) is 0 Å². The van der Waals surface area contributed by atoms with Gasteiger partial charge in [-0.05, 0) is 33.8 Å². The number of aryl methyl sites for hydroxylation is 1. The molecule has 20 heavy (non-hydrogen) atoms. The van der Waals surface area contributed by atoms with E-state index in [1.807, 2.05) is 45.9 Å². The average molecular weight is 275 g/mol. The van der Waals surface area contributed by atoms with Crippen molar-refractivity contribution in [2.75, 3.05) is 11.4 Å². The summed E-state index contributed by atoms with van der Waals surface area (Å²) < 4.78 is 0. The summed E-state index contributed by atoms with van der Waals surface area (Å²) in [6, 6.07) is 4.99. The first kappa shape index (κ1) is 14.5. The maximum absolute atomic E-state index is 12.2. The van der Waals surface area contributed by atoms with Crippen molar-refractivity contribution in [1.82, 2.24) is 5.32 Å². The minimum Gasteiger partial charge on any atom is -0.350 e. The molecule has 0 bridgehead atoms. The number of nitrogens with zero attached hydrogens (tertiary/aromatic N) is 1. The molecule has 2 amide bonds. The Labute approximate surface area is 119 Å². The third-order valence-corrected chi connectivity index (χ3v) is 3.16. The molecule has 0 radical (unpaired) electrons. The summed E-state index contributed by atoms with van der Waals surface area (Å²) in [5.74, 6) is -0.416. The average Bonchev–Trinajstić information content (AvgIpc) is 2.52. The Kier molecular flexibility index (Phi) is 3.56. The van der Waals surface area contributed by atoms with Crippen LogP contribution in [0.1, 0.15) is 37.9 Å². The fourth-order valence-corrected chi connectivity index (χ4v) is 2.35. The molecule has 108 valence electrons. The summed E-state index contributed by atoms with van der Waals surface area (Å²) >= 11 is 0. The van der Waals surface area contributed by atoms with Gasteiger partial charge >= 0.3 is 0 Å². The number of benzene rings is 1. The van der Waals surface area contributed by atoms with Gasteiger partial charge in [0.15, 0.2) is 0 Å². The predicted molar refractivity (Wildman–Crippen MR) is 78.4 cm³/mol. The molecule has 1 unspecified atom stereocenters. The van der Waals surface area contributed by atoms with E-state index in [1.165, 1.54) is 4.90 Å². The van der Waals surface area contributed by atoms with Crippen molar-refractivity contribution in [3.63, 3.8) is 0 Å². The third-order valence-electron chi connectivity index (χ3n) is 3.16. The number of hydrogen-bond acceptors (Lipinski definition) is 3. The number of nitrogens with one attached hydrogen (secondary N) is 1. The van der Waals surface area contributed by atoms with Crippen molar-refractivity contribution in [2.24, 2.45) is 5.73 Å². The molecule has 1 aliphatic rings. The van der Waals surface area contributed by atoms with Crippen LogP contribution in [-0.4, -0.2) is 23.9 Å². The molecule has 5 nitrogen and oxygen atoms in total. The van der Waals surface area contributed by atoms with Gasteiger partial charge in [-0.25, -0.2) is 0 Å². The van der Waals surface area contributed by atoms with Crippen molar-refractivity contribution < 1.29 is 9.59 Å². The second-order valence-electron chi connectivity index (χ2n) is 6.26. The Bertz CT molecular complexity index is 561. The van der Waals surface area contributed by atoms with Crippen LogP contribution in [0.25, 0.3) is 0 Å². The topological polar surface area (TPSA) is 75.4 Å². The van der Waals surface area contributed by atoms with E-state index in [9.17, 15) is 9.59 Å². The standard InChI is InChI=1S/C15H21N3O2/c1-9-5-6-11-10(7-9)13(16)14(20)18(11)8-12(19)17-15(2,3)4/h5-7,13H,8,16H2,1-4H3,(H,17,19). The highest BCUT2D eigenvalue weighted by atomic mass is 16.2. The van der Waals surface area contributed by atoms with Gasteiger partial charge in [-0.3, -0.25) is 9.59 Å². The van der Waals surface area contributed by atoms with E-state index in [0.717, 1.165) is 16.8 Å². The lowest BCUT2D eigenvalue weighted by molar-refractivity contribution is -0.124. The monoisotopic (exact) mass is 275 g/mol. The molecule has 0 aliphatic carbocycles. The molecule has 3 N–H and O–H groups in total. The van der Waals surface area contributed by atoms with E-state index in [1.54, 1.807) is 0 Å². The van der Waals surface area contributed by atoms with Crippen LogP contribution in [0.4, 0.5) is 5.69 Å². The van der Waals surface area contributed by atoms with E-state index < -0.39 is 6.04 Å². The summed E-state index contributed by atoms with van der Waals surface area (Å²) in [5.41, 5.74) is 8.18. The van der Waals surface area contributed by atoms with Crippen molar-refractivity contribution in [2.45, 2.75) is 39.3 Å². The van der Waals surface area contributed by atoms with Crippen molar-refractivity contribution in [1.29, 1.82) is 0 Å². The molecule has 1 aromatic rings. The van der Waals surface area contributed by atoms with E-state index in [0.29, 0.717) is 0 Å². The second-order valence-corrected chi connectivity index (χ2v) is 6.26. The lowest BCUT2D eigenvalue weighted by atomic mass is 10.1. The Balaban J connectivity index is 2.22. The lowest BCUT2D eigenvalue weighted by Crippen LogP contribution is -2.47. The second kappa shape index (κ2) is 4.90. The van der Waals surface area contributed by atoms with Crippen LogP contribution in [0.2, 0.25) is 0 Å². The molecule has 1 aliphatic heterocycles. The van der Waals surface area contributed by atoms with Gasteiger partial charge < -0.3 is 16.0 Å². The maximum Gasteiger partial charge on any atom is 0.249 e. The van der Waals surface area contributed by atoms with Crippen LogP contribution in [-0.2, 0) is 9.59 Å². The summed E-state index contributed by atoms with van der Waals surface area (Å²) in [7, 11) is 0. The van der Waals surface area contributed by atoms with Crippen molar-refractivity contribution in [3.05, 3.63) is 29.3 Å². The number of fused-ring (bicyclic) bond motifs is 1. The van der Waals surface area contributed by atoms with Gasteiger partial charge in [-0.1, -0.05) is 17.7 Å². The highest BCUT2D eigenvalue weighted by Gasteiger charge is 2.36. The number of carbonyl (C=O) groups is 2. The molecule has 0 saturated carbocycles. The largest absolute Gasteiger partial charge is 0.350 e. The lowest BCUT2D eigenvalue weighted by Gasteiger charge is -2.23. The maximum atomic E-state index is 12.2. The van der Waals surface area contributed by atoms with Gasteiger partial charge in [0.25, 0.3) is 0 Å². The molecular formula is C15H21N3O2. The van der Waals surface area contributed by atoms with Crippen molar-refractivity contribution in [3.8, 4) is 0 Å². The zero-order chi connectivity index (χ0) is 15.1. The minimum atomic E-state index is -0.674. The van der Waals surface area contributed by atoms with E-state index in [2.05, 4.69) is 5.32 Å². The Morgan fingerprint density at radius 2 is 2.05 bits per heavy atom. The predicted octanol–water partition coefficient (Wildman–Crippen LogP) is 1.26. The zero-order valence-corrected chi connectivity index (χ0v) is 12.4. The first-order valence-corrected chi connectivity index (χ1v) is 6.67. The fourth-order valence-electron chi connectivity index (χ4n) is 2.35. The number of rotatable bonds is 2. The molecule has 1 heterocycles.